The summed E-state index contributed by atoms with van der Waals surface area (Å²) in [6.45, 7) is 18.6. The van der Waals surface area contributed by atoms with Crippen LogP contribution < -0.4 is 0 Å². The molecule has 0 radical (unpaired) electrons. The van der Waals surface area contributed by atoms with E-state index >= 15 is 0 Å². The summed E-state index contributed by atoms with van der Waals surface area (Å²) in [7, 11) is -1.64. The van der Waals surface area contributed by atoms with Crippen LogP contribution in [0.3, 0.4) is 0 Å². The van der Waals surface area contributed by atoms with Crippen LogP contribution >= 0.6 is 0 Å². The van der Waals surface area contributed by atoms with Gasteiger partial charge >= 0.3 is 0 Å². The monoisotopic (exact) mass is 268 g/mol. The molecule has 0 N–H and O–H groups in total. The maximum atomic E-state index is 6.47. The molecule has 0 aliphatic carbocycles. The molecule has 0 atom stereocenters. The van der Waals surface area contributed by atoms with E-state index in [1.54, 1.807) is 0 Å². The first-order valence-corrected chi connectivity index (χ1v) is 9.45. The first-order valence-electron chi connectivity index (χ1n) is 7.31. The predicted octanol–water partition coefficient (Wildman–Crippen LogP) is 5.70. The summed E-state index contributed by atoms with van der Waals surface area (Å²) in [5.41, 5.74) is 2.05. The minimum absolute atomic E-state index is 0.682. The van der Waals surface area contributed by atoms with E-state index in [0.29, 0.717) is 16.6 Å². The maximum Gasteiger partial charge on any atom is 0.200 e. The van der Waals surface area contributed by atoms with Gasteiger partial charge in [0.05, 0.1) is 0 Å². The molecule has 0 amide bonds. The Morgan fingerprint density at radius 1 is 1.00 bits per heavy atom. The normalized spacial score (nSPS) is 13.2. The van der Waals surface area contributed by atoms with Crippen LogP contribution in [-0.2, 0) is 4.43 Å². The number of allylic oxidation sites excluding steroid dienone is 3. The lowest BCUT2D eigenvalue weighted by Crippen LogP contribution is -2.47. The molecule has 0 rings (SSSR count). The second-order valence-corrected chi connectivity index (χ2v) is 11.4. The molecule has 0 spiro atoms. The van der Waals surface area contributed by atoms with Crippen LogP contribution in [0.4, 0.5) is 0 Å². The lowest BCUT2D eigenvalue weighted by Gasteiger charge is -2.42. The minimum atomic E-state index is -1.64. The summed E-state index contributed by atoms with van der Waals surface area (Å²) in [6.07, 6.45) is 8.21. The quantitative estimate of drug-likeness (QED) is 0.296. The Hall–Kier alpha value is -0.343. The molecule has 0 aromatic heterocycles. The van der Waals surface area contributed by atoms with Crippen LogP contribution in [0.5, 0.6) is 0 Å². The van der Waals surface area contributed by atoms with E-state index in [9.17, 15) is 0 Å². The Kier molecular flexibility index (Phi) is 8.54. The maximum absolute atomic E-state index is 6.47. The molecule has 0 bridgehead atoms. The van der Waals surface area contributed by atoms with E-state index < -0.39 is 8.32 Å². The standard InChI is InChI=1S/C16H32OSi/c1-8-9-10-11-12-13-17-18(14(2)3,15(4)5)16(6)7/h8-10,14-16H,1,11-13H2,2-7H3/b10-9+. The highest BCUT2D eigenvalue weighted by Crippen LogP contribution is 2.42. The van der Waals surface area contributed by atoms with Gasteiger partial charge in [-0.3, -0.25) is 0 Å². The third-order valence-electron chi connectivity index (χ3n) is 3.85. The average Bonchev–Trinajstić information content (AvgIpc) is 2.26. The molecule has 106 valence electrons. The van der Waals surface area contributed by atoms with E-state index in [-0.39, 0.29) is 0 Å². The smallest absolute Gasteiger partial charge is 0.200 e. The molecule has 1 nitrogen and oxygen atoms in total. The van der Waals surface area contributed by atoms with Gasteiger partial charge in [0.2, 0.25) is 0 Å². The molecule has 0 aliphatic rings. The lowest BCUT2D eigenvalue weighted by atomic mass is 10.3. The molecule has 0 heterocycles. The fraction of sp³-hybridized carbons (Fsp3) is 0.750. The molecule has 18 heavy (non-hydrogen) atoms. The summed E-state index contributed by atoms with van der Waals surface area (Å²) in [6, 6.07) is 0. The fourth-order valence-electron chi connectivity index (χ4n) is 3.14. The zero-order valence-electron chi connectivity index (χ0n) is 13.2. The number of rotatable bonds is 9. The first kappa shape index (κ1) is 17.7. The van der Waals surface area contributed by atoms with Crippen molar-refractivity contribution in [2.24, 2.45) is 0 Å². The highest BCUT2D eigenvalue weighted by molar-refractivity contribution is 6.77. The molecule has 0 aromatic rings. The number of unbranched alkanes of at least 4 members (excludes halogenated alkanes) is 1. The van der Waals surface area contributed by atoms with Gasteiger partial charge in [-0.25, -0.2) is 0 Å². The van der Waals surface area contributed by atoms with Gasteiger partial charge in [0.15, 0.2) is 8.32 Å². The van der Waals surface area contributed by atoms with Crippen molar-refractivity contribution in [1.82, 2.24) is 0 Å². The van der Waals surface area contributed by atoms with E-state index in [2.05, 4.69) is 54.2 Å². The Bertz CT molecular complexity index is 232. The molecule has 0 fully saturated rings. The average molecular weight is 269 g/mol. The van der Waals surface area contributed by atoms with Crippen molar-refractivity contribution < 1.29 is 4.43 Å². The SMILES string of the molecule is C=C/C=C/CCCO[Si](C(C)C)(C(C)C)C(C)C. The molecular weight excluding hydrogens is 236 g/mol. The fourth-order valence-corrected chi connectivity index (χ4v) is 8.64. The second kappa shape index (κ2) is 8.71. The molecule has 0 saturated heterocycles. The van der Waals surface area contributed by atoms with Crippen LogP contribution in [0.25, 0.3) is 0 Å². The van der Waals surface area contributed by atoms with Gasteiger partial charge in [0, 0.05) is 6.61 Å². The van der Waals surface area contributed by atoms with Gasteiger partial charge in [-0.2, -0.15) is 0 Å². The van der Waals surface area contributed by atoms with Crippen LogP contribution in [0.1, 0.15) is 54.4 Å². The van der Waals surface area contributed by atoms with Crippen molar-refractivity contribution >= 4 is 8.32 Å². The van der Waals surface area contributed by atoms with E-state index in [1.165, 1.54) is 0 Å². The lowest BCUT2D eigenvalue weighted by molar-refractivity contribution is 0.273. The topological polar surface area (TPSA) is 9.23 Å². The van der Waals surface area contributed by atoms with E-state index in [1.807, 2.05) is 12.2 Å². The Morgan fingerprint density at radius 3 is 1.89 bits per heavy atom. The van der Waals surface area contributed by atoms with Gasteiger partial charge in [0.25, 0.3) is 0 Å². The van der Waals surface area contributed by atoms with E-state index in [4.69, 9.17) is 4.43 Å². The van der Waals surface area contributed by atoms with Gasteiger partial charge < -0.3 is 4.43 Å². The van der Waals surface area contributed by atoms with Crippen molar-refractivity contribution in [3.63, 3.8) is 0 Å². The summed E-state index contributed by atoms with van der Waals surface area (Å²) in [5, 5.41) is 0. The highest BCUT2D eigenvalue weighted by Gasteiger charge is 2.44. The summed E-state index contributed by atoms with van der Waals surface area (Å²) in [4.78, 5) is 0. The third-order valence-corrected chi connectivity index (χ3v) is 9.96. The number of hydrogen-bond donors (Lipinski definition) is 0. The van der Waals surface area contributed by atoms with E-state index in [0.717, 1.165) is 19.4 Å². The first-order chi connectivity index (χ1) is 8.39. The Morgan fingerprint density at radius 2 is 1.50 bits per heavy atom. The van der Waals surface area contributed by atoms with Gasteiger partial charge in [0.1, 0.15) is 0 Å². The van der Waals surface area contributed by atoms with Gasteiger partial charge in [-0.05, 0) is 29.5 Å². The highest BCUT2D eigenvalue weighted by atomic mass is 28.4. The molecule has 0 saturated carbocycles. The summed E-state index contributed by atoms with van der Waals surface area (Å²) >= 11 is 0. The molecular formula is C16H32OSi. The van der Waals surface area contributed by atoms with Crippen LogP contribution in [0, 0.1) is 0 Å². The molecule has 2 heteroatoms. The van der Waals surface area contributed by atoms with Crippen molar-refractivity contribution in [2.45, 2.75) is 71.0 Å². The van der Waals surface area contributed by atoms with Crippen LogP contribution in [0.15, 0.2) is 24.8 Å². The molecule has 0 aliphatic heterocycles. The van der Waals surface area contributed by atoms with Crippen molar-refractivity contribution in [3.8, 4) is 0 Å². The van der Waals surface area contributed by atoms with Crippen molar-refractivity contribution in [2.75, 3.05) is 6.61 Å². The molecule has 0 unspecified atom stereocenters. The van der Waals surface area contributed by atoms with Crippen molar-refractivity contribution in [1.29, 1.82) is 0 Å². The minimum Gasteiger partial charge on any atom is -0.416 e. The Balaban J connectivity index is 4.43. The van der Waals surface area contributed by atoms with Gasteiger partial charge in [-0.15, -0.1) is 0 Å². The number of hydrogen-bond acceptors (Lipinski definition) is 1. The Labute approximate surface area is 115 Å². The largest absolute Gasteiger partial charge is 0.416 e. The van der Waals surface area contributed by atoms with Crippen LogP contribution in [-0.4, -0.2) is 14.9 Å². The predicted molar refractivity (Wildman–Crippen MR) is 85.6 cm³/mol. The third kappa shape index (κ3) is 4.73. The van der Waals surface area contributed by atoms with Crippen LogP contribution in [0.2, 0.25) is 16.6 Å². The second-order valence-electron chi connectivity index (χ2n) is 5.97. The molecule has 0 aromatic carbocycles. The zero-order valence-corrected chi connectivity index (χ0v) is 14.2. The zero-order chi connectivity index (χ0) is 14.2. The summed E-state index contributed by atoms with van der Waals surface area (Å²) < 4.78 is 6.47. The van der Waals surface area contributed by atoms with Gasteiger partial charge in [-0.1, -0.05) is 66.3 Å². The summed E-state index contributed by atoms with van der Waals surface area (Å²) in [5.74, 6) is 0. The van der Waals surface area contributed by atoms with Crippen molar-refractivity contribution in [3.05, 3.63) is 24.8 Å².